The summed E-state index contributed by atoms with van der Waals surface area (Å²) >= 11 is 0. The van der Waals surface area contributed by atoms with Crippen molar-refractivity contribution >= 4 is 46.5 Å². The Morgan fingerprint density at radius 1 is 0.659 bits per heavy atom. The number of aromatic nitrogens is 4. The number of anilines is 2. The van der Waals surface area contributed by atoms with Crippen molar-refractivity contribution in [3.8, 4) is 0 Å². The fraction of sp³-hybridized carbons (Fsp3) is 0.857. The van der Waals surface area contributed by atoms with Gasteiger partial charge in [0.15, 0.2) is 7.60 Å². The molecule has 0 aromatic carbocycles. The number of nitrogen functional groups attached to an aromatic ring is 2. The zero-order valence-corrected chi connectivity index (χ0v) is 53.0. The second-order valence-electron chi connectivity index (χ2n) is 22.7. The van der Waals surface area contributed by atoms with Gasteiger partial charge in [0.05, 0.1) is 68.6 Å². The third-order valence-corrected chi connectivity index (χ3v) is 21.8. The molecule has 2 aliphatic carbocycles. The van der Waals surface area contributed by atoms with E-state index in [2.05, 4.69) is 9.97 Å². The van der Waals surface area contributed by atoms with Gasteiger partial charge in [-0.15, -0.1) is 0 Å². The molecular formula is C56H105N7O15P2S2. The number of unbranched alkanes of at least 4 members (excludes halogenated alkanes) is 20. The van der Waals surface area contributed by atoms with Crippen LogP contribution in [-0.2, 0) is 64.9 Å². The van der Waals surface area contributed by atoms with Crippen LogP contribution in [0.15, 0.2) is 34.1 Å². The maximum absolute atomic E-state index is 12.7. The minimum Gasteiger partial charge on any atom is -0.777 e. The van der Waals surface area contributed by atoms with Crippen molar-refractivity contribution in [3.05, 3.63) is 45.5 Å². The van der Waals surface area contributed by atoms with E-state index in [4.69, 9.17) is 34.5 Å². The number of hydrogen-bond donors (Lipinski definition) is 4. The van der Waals surface area contributed by atoms with Crippen molar-refractivity contribution in [3.63, 3.8) is 0 Å². The Balaban J connectivity index is 0.000000425. The van der Waals surface area contributed by atoms with Crippen molar-refractivity contribution in [2.24, 2.45) is 11.8 Å². The summed E-state index contributed by atoms with van der Waals surface area (Å²) in [7, 11) is -14.3. The van der Waals surface area contributed by atoms with Crippen LogP contribution in [0, 0.1) is 11.8 Å². The molecule has 2 saturated carbocycles. The lowest BCUT2D eigenvalue weighted by molar-refractivity contribution is -0.205. The van der Waals surface area contributed by atoms with Crippen LogP contribution < -0.4 is 33.9 Å². The Hall–Kier alpha value is -2.60. The number of hydrogen-bond acceptors (Lipinski definition) is 19. The predicted molar refractivity (Wildman–Crippen MR) is 323 cm³/mol. The van der Waals surface area contributed by atoms with Gasteiger partial charge in [0, 0.05) is 12.4 Å². The molecular weight excluding hydrogens is 1140 g/mol. The molecule has 5 rings (SSSR count). The van der Waals surface area contributed by atoms with Crippen LogP contribution in [-0.4, -0.2) is 115 Å². The SMILES string of the molecule is Nc1ccn(C[C@@H](CO)OCP(=O)([O-])OCCCS(=O)(=O)CCCCCCCCCCCCCC2CCC2)c(=O)n1.Nc1ccn(C[C@H]2COP(=O)(OCCCS(=O)(=O)CCCCCCCCCCCCCC3CCC3)CO2)c(=O)n1.[NH4+]. The smallest absolute Gasteiger partial charge is 0.356 e. The van der Waals surface area contributed by atoms with Gasteiger partial charge in [-0.3, -0.25) is 13.7 Å². The second-order valence-corrected chi connectivity index (χ2v) is 31.1. The van der Waals surface area contributed by atoms with Crippen molar-refractivity contribution in [2.45, 2.75) is 231 Å². The molecule has 26 heteroatoms. The molecule has 0 bridgehead atoms. The molecule has 0 spiro atoms. The number of nitrogens with zero attached hydrogens (tertiary/aromatic N) is 4. The molecule has 3 fully saturated rings. The predicted octanol–water partition coefficient (Wildman–Crippen LogP) is 10.1. The number of aliphatic hydroxyl groups excluding tert-OH is 1. The van der Waals surface area contributed by atoms with E-state index in [1.54, 1.807) is 0 Å². The first-order valence-electron chi connectivity index (χ1n) is 30.6. The summed E-state index contributed by atoms with van der Waals surface area (Å²) in [6.07, 6.45) is 38.5. The summed E-state index contributed by atoms with van der Waals surface area (Å²) in [5.41, 5.74) is 9.76. The molecule has 3 aliphatic rings. The largest absolute Gasteiger partial charge is 0.777 e. The zero-order chi connectivity index (χ0) is 58.7. The molecule has 2 aromatic rings. The van der Waals surface area contributed by atoms with Gasteiger partial charge in [0.25, 0.3) is 0 Å². The van der Waals surface area contributed by atoms with Gasteiger partial charge in [-0.1, -0.05) is 180 Å². The van der Waals surface area contributed by atoms with Crippen LogP contribution in [0.4, 0.5) is 11.6 Å². The Kier molecular flexibility index (Phi) is 37.3. The maximum Gasteiger partial charge on any atom is 0.356 e. The zero-order valence-electron chi connectivity index (χ0n) is 49.5. The maximum atomic E-state index is 12.7. The highest BCUT2D eigenvalue weighted by atomic mass is 32.2. The van der Waals surface area contributed by atoms with Gasteiger partial charge in [0.2, 0.25) is 0 Å². The average Bonchev–Trinajstić information content (AvgIpc) is 3.45. The summed E-state index contributed by atoms with van der Waals surface area (Å²) < 4.78 is 103. The van der Waals surface area contributed by atoms with Gasteiger partial charge in [-0.05, 0) is 49.7 Å². The molecule has 4 atom stereocenters. The Labute approximate surface area is 490 Å². The molecule has 22 nitrogen and oxygen atoms in total. The van der Waals surface area contributed by atoms with Crippen LogP contribution >= 0.6 is 15.2 Å². The standard InChI is InChI=1S/C28H52N3O8PS.C28H50N3O7PS.H3N/c29-27-17-18-31(28(33)30-27)22-26(23-32)38-24-40(34,35)39-19-13-21-41(36,37)20-11-9-7-5-3-1-2-4-6-8-10-14-25-15-12-16-25;29-27-17-18-31(28(32)30-27)22-26-23-38-39(33,24-36-26)37-19-13-21-40(34,35)20-11-9-7-5-3-1-2-4-6-8-10-14-25-15-12-16-25;/h17-18,25-26,32H,1-16,19-24H2,(H,34,35)(H2,29,30,33);17-18,25-26H,1-16,19-24H2,(H2,29,30,32);1H3/t26-;26-,39?;/m00./s1. The summed E-state index contributed by atoms with van der Waals surface area (Å²) in [6.45, 7) is -0.727. The van der Waals surface area contributed by atoms with Crippen molar-refractivity contribution < 1.29 is 59.0 Å². The molecule has 82 heavy (non-hydrogen) atoms. The average molecular weight is 1240 g/mol. The van der Waals surface area contributed by atoms with E-state index in [0.717, 1.165) is 48.5 Å². The fourth-order valence-electron chi connectivity index (χ4n) is 10.1. The first-order chi connectivity index (χ1) is 38.8. The lowest BCUT2D eigenvalue weighted by atomic mass is 9.81. The van der Waals surface area contributed by atoms with E-state index in [-0.39, 0.29) is 92.9 Å². The quantitative estimate of drug-likeness (QED) is 0.0353. The normalized spacial score (nSPS) is 18.8. The highest BCUT2D eigenvalue weighted by Crippen LogP contribution is 2.51. The summed E-state index contributed by atoms with van der Waals surface area (Å²) in [4.78, 5) is 43.0. The number of aliphatic hydroxyl groups is 1. The molecule has 3 heterocycles. The summed E-state index contributed by atoms with van der Waals surface area (Å²) in [5.74, 6) is 2.41. The number of quaternary nitrogens is 1. The van der Waals surface area contributed by atoms with Gasteiger partial charge in [0.1, 0.15) is 50.1 Å². The number of nitrogens with two attached hydrogens (primary N) is 2. The van der Waals surface area contributed by atoms with Crippen LogP contribution in [0.2, 0.25) is 0 Å². The summed E-state index contributed by atoms with van der Waals surface area (Å²) in [5, 5.41) is 9.46. The monoisotopic (exact) mass is 1240 g/mol. The van der Waals surface area contributed by atoms with Crippen LogP contribution in [0.5, 0.6) is 0 Å². The van der Waals surface area contributed by atoms with E-state index in [1.165, 1.54) is 177 Å². The van der Waals surface area contributed by atoms with Crippen LogP contribution in [0.25, 0.3) is 0 Å². The molecule has 9 N–H and O–H groups in total. The molecule has 1 saturated heterocycles. The molecule has 0 amide bonds. The van der Waals surface area contributed by atoms with E-state index >= 15 is 0 Å². The van der Waals surface area contributed by atoms with Crippen molar-refractivity contribution in [1.29, 1.82) is 0 Å². The number of ether oxygens (including phenoxy) is 2. The lowest BCUT2D eigenvalue weighted by Crippen LogP contribution is -2.35. The number of sulfone groups is 2. The van der Waals surface area contributed by atoms with Crippen molar-refractivity contribution in [2.75, 3.05) is 73.6 Å². The van der Waals surface area contributed by atoms with E-state index in [0.29, 0.717) is 12.8 Å². The Morgan fingerprint density at radius 2 is 1.07 bits per heavy atom. The van der Waals surface area contributed by atoms with E-state index < -0.39 is 71.4 Å². The van der Waals surface area contributed by atoms with E-state index in [1.807, 2.05) is 0 Å². The first kappa shape index (κ1) is 73.7. The minimum atomic E-state index is -4.42. The third-order valence-electron chi connectivity index (χ3n) is 15.5. The molecule has 476 valence electrons. The Morgan fingerprint density at radius 3 is 1.48 bits per heavy atom. The topological polar surface area (TPSA) is 350 Å². The lowest BCUT2D eigenvalue weighted by Gasteiger charge is -2.29. The van der Waals surface area contributed by atoms with E-state index in [9.17, 15) is 45.6 Å². The number of rotatable bonds is 46. The molecule has 0 radical (unpaired) electrons. The second kappa shape index (κ2) is 41.5. The fourth-order valence-corrected chi connectivity index (χ4v) is 15.2. The van der Waals surface area contributed by atoms with Crippen molar-refractivity contribution in [1.82, 2.24) is 25.3 Å². The van der Waals surface area contributed by atoms with Gasteiger partial charge < -0.3 is 55.2 Å². The molecule has 2 aromatic heterocycles. The summed E-state index contributed by atoms with van der Waals surface area (Å²) in [6, 6.07) is 2.90. The van der Waals surface area contributed by atoms with Crippen LogP contribution in [0.3, 0.4) is 0 Å². The molecule has 1 aliphatic heterocycles. The van der Waals surface area contributed by atoms with Gasteiger partial charge in [-0.25, -0.2) is 26.4 Å². The third kappa shape index (κ3) is 33.9. The highest BCUT2D eigenvalue weighted by Gasteiger charge is 2.34. The van der Waals surface area contributed by atoms with Gasteiger partial charge >= 0.3 is 19.0 Å². The highest BCUT2D eigenvalue weighted by molar-refractivity contribution is 7.91. The first-order valence-corrected chi connectivity index (χ1v) is 37.7. The van der Waals surface area contributed by atoms with Gasteiger partial charge in [-0.2, -0.15) is 9.97 Å². The molecule has 2 unspecified atom stereocenters. The van der Waals surface area contributed by atoms with Crippen LogP contribution in [0.1, 0.15) is 205 Å². The Bertz CT molecular complexity index is 2470. The minimum absolute atomic E-state index is 0.